The van der Waals surface area contributed by atoms with E-state index in [9.17, 15) is 0 Å². The lowest BCUT2D eigenvalue weighted by atomic mass is 9.84. The van der Waals surface area contributed by atoms with Gasteiger partial charge in [-0.05, 0) is 31.2 Å². The molecule has 56 valence electrons. The first-order valence-electron chi connectivity index (χ1n) is 4.26. The summed E-state index contributed by atoms with van der Waals surface area (Å²) in [6, 6.07) is 0.806. The molecular weight excluding hydrogens is 122 g/mol. The fourth-order valence-corrected chi connectivity index (χ4v) is 2.19. The molecule has 1 aliphatic heterocycles. The Labute approximate surface area is 62.5 Å². The minimum atomic E-state index is 0.806. The fraction of sp³-hybridized carbons (Fsp3) is 0.778. The van der Waals surface area contributed by atoms with E-state index in [1.807, 2.05) is 0 Å². The van der Waals surface area contributed by atoms with Gasteiger partial charge in [-0.3, -0.25) is 0 Å². The highest BCUT2D eigenvalue weighted by molar-refractivity contribution is 5.02. The van der Waals surface area contributed by atoms with Gasteiger partial charge in [0.05, 0.1) is 0 Å². The first kappa shape index (κ1) is 6.41. The molecule has 0 aromatic carbocycles. The van der Waals surface area contributed by atoms with Gasteiger partial charge in [0.15, 0.2) is 0 Å². The third kappa shape index (κ3) is 0.891. The average Bonchev–Trinajstić information content (AvgIpc) is 2.34. The van der Waals surface area contributed by atoms with Crippen LogP contribution in [0.4, 0.5) is 0 Å². The van der Waals surface area contributed by atoms with Gasteiger partial charge in [0, 0.05) is 6.04 Å². The maximum absolute atomic E-state index is 3.56. The van der Waals surface area contributed by atoms with E-state index in [4.69, 9.17) is 0 Å². The molecule has 0 amide bonds. The van der Waals surface area contributed by atoms with Gasteiger partial charge in [0.25, 0.3) is 0 Å². The van der Waals surface area contributed by atoms with E-state index in [-0.39, 0.29) is 0 Å². The summed E-state index contributed by atoms with van der Waals surface area (Å²) < 4.78 is 0. The number of nitrogens with one attached hydrogen (secondary N) is 1. The fourth-order valence-electron chi connectivity index (χ4n) is 2.19. The van der Waals surface area contributed by atoms with Crippen molar-refractivity contribution in [1.82, 2.24) is 5.32 Å². The molecule has 1 N–H and O–H groups in total. The standard InChI is InChI=1S/C9H15N/c1-7-6-10-9-5-3-2-4-8(7)9/h2-3,7-10H,4-6H2,1H3. The minimum Gasteiger partial charge on any atom is -0.313 e. The van der Waals surface area contributed by atoms with Gasteiger partial charge in [-0.15, -0.1) is 0 Å². The molecule has 1 fully saturated rings. The molecule has 2 aliphatic rings. The second-order valence-electron chi connectivity index (χ2n) is 3.60. The molecule has 3 unspecified atom stereocenters. The van der Waals surface area contributed by atoms with Crippen LogP contribution < -0.4 is 5.32 Å². The Morgan fingerprint density at radius 2 is 2.10 bits per heavy atom. The van der Waals surface area contributed by atoms with E-state index in [1.54, 1.807) is 0 Å². The molecule has 0 aromatic heterocycles. The maximum Gasteiger partial charge on any atom is 0.0136 e. The number of fused-ring (bicyclic) bond motifs is 1. The lowest BCUT2D eigenvalue weighted by molar-refractivity contribution is 0.374. The van der Waals surface area contributed by atoms with Crippen molar-refractivity contribution in [3.63, 3.8) is 0 Å². The zero-order chi connectivity index (χ0) is 6.97. The van der Waals surface area contributed by atoms with Crippen LogP contribution in [0.25, 0.3) is 0 Å². The molecule has 2 rings (SSSR count). The van der Waals surface area contributed by atoms with Crippen molar-refractivity contribution < 1.29 is 0 Å². The van der Waals surface area contributed by atoms with Crippen LogP contribution in [0.15, 0.2) is 12.2 Å². The van der Waals surface area contributed by atoms with E-state index in [1.165, 1.54) is 19.4 Å². The van der Waals surface area contributed by atoms with Gasteiger partial charge < -0.3 is 5.32 Å². The average molecular weight is 137 g/mol. The van der Waals surface area contributed by atoms with Crippen LogP contribution in [0.1, 0.15) is 19.8 Å². The van der Waals surface area contributed by atoms with Crippen molar-refractivity contribution in [2.75, 3.05) is 6.54 Å². The highest BCUT2D eigenvalue weighted by Gasteiger charge is 2.32. The topological polar surface area (TPSA) is 12.0 Å². The Kier molecular flexibility index (Phi) is 1.53. The molecule has 3 atom stereocenters. The van der Waals surface area contributed by atoms with Crippen molar-refractivity contribution in [3.05, 3.63) is 12.2 Å². The molecule has 1 heterocycles. The molecular formula is C9H15N. The molecule has 1 saturated heterocycles. The van der Waals surface area contributed by atoms with Crippen LogP contribution in [0, 0.1) is 11.8 Å². The molecule has 1 heteroatoms. The molecule has 1 aliphatic carbocycles. The third-order valence-electron chi connectivity index (χ3n) is 2.91. The van der Waals surface area contributed by atoms with Crippen molar-refractivity contribution in [1.29, 1.82) is 0 Å². The van der Waals surface area contributed by atoms with Crippen LogP contribution in [0.5, 0.6) is 0 Å². The lowest BCUT2D eigenvalue weighted by Crippen LogP contribution is -2.27. The molecule has 0 spiro atoms. The van der Waals surface area contributed by atoms with Gasteiger partial charge in [-0.1, -0.05) is 19.1 Å². The van der Waals surface area contributed by atoms with E-state index in [0.29, 0.717) is 0 Å². The first-order valence-corrected chi connectivity index (χ1v) is 4.26. The number of hydrogen-bond donors (Lipinski definition) is 1. The van der Waals surface area contributed by atoms with Crippen molar-refractivity contribution in [2.45, 2.75) is 25.8 Å². The predicted molar refractivity (Wildman–Crippen MR) is 42.8 cm³/mol. The summed E-state index contributed by atoms with van der Waals surface area (Å²) in [6.07, 6.45) is 7.21. The molecule has 0 bridgehead atoms. The Morgan fingerprint density at radius 3 is 2.90 bits per heavy atom. The maximum atomic E-state index is 3.56. The number of allylic oxidation sites excluding steroid dienone is 1. The first-order chi connectivity index (χ1) is 4.88. The number of hydrogen-bond acceptors (Lipinski definition) is 1. The molecule has 0 aromatic rings. The Balaban J connectivity index is 2.10. The summed E-state index contributed by atoms with van der Waals surface area (Å²) in [5.41, 5.74) is 0. The summed E-state index contributed by atoms with van der Waals surface area (Å²) >= 11 is 0. The van der Waals surface area contributed by atoms with Crippen LogP contribution in [0.2, 0.25) is 0 Å². The zero-order valence-corrected chi connectivity index (χ0v) is 6.51. The molecule has 0 radical (unpaired) electrons. The Morgan fingerprint density at radius 1 is 1.30 bits per heavy atom. The van der Waals surface area contributed by atoms with Crippen molar-refractivity contribution in [3.8, 4) is 0 Å². The van der Waals surface area contributed by atoms with Crippen LogP contribution in [0.3, 0.4) is 0 Å². The summed E-state index contributed by atoms with van der Waals surface area (Å²) in [7, 11) is 0. The van der Waals surface area contributed by atoms with E-state index in [2.05, 4.69) is 24.4 Å². The molecule has 1 nitrogen and oxygen atoms in total. The van der Waals surface area contributed by atoms with Gasteiger partial charge in [0.1, 0.15) is 0 Å². The Hall–Kier alpha value is -0.300. The van der Waals surface area contributed by atoms with Gasteiger partial charge in [-0.25, -0.2) is 0 Å². The van der Waals surface area contributed by atoms with Crippen LogP contribution in [-0.2, 0) is 0 Å². The monoisotopic (exact) mass is 137 g/mol. The third-order valence-corrected chi connectivity index (χ3v) is 2.91. The highest BCUT2D eigenvalue weighted by atomic mass is 15.0. The SMILES string of the molecule is CC1CNC2CC=CCC12. The zero-order valence-electron chi connectivity index (χ0n) is 6.51. The van der Waals surface area contributed by atoms with E-state index in [0.717, 1.165) is 17.9 Å². The van der Waals surface area contributed by atoms with Crippen LogP contribution in [-0.4, -0.2) is 12.6 Å². The number of rotatable bonds is 0. The summed E-state index contributed by atoms with van der Waals surface area (Å²) in [4.78, 5) is 0. The lowest BCUT2D eigenvalue weighted by Gasteiger charge is -2.22. The Bertz CT molecular complexity index is 151. The van der Waals surface area contributed by atoms with Gasteiger partial charge >= 0.3 is 0 Å². The van der Waals surface area contributed by atoms with E-state index < -0.39 is 0 Å². The van der Waals surface area contributed by atoms with Crippen LogP contribution >= 0.6 is 0 Å². The van der Waals surface area contributed by atoms with Crippen molar-refractivity contribution >= 4 is 0 Å². The summed E-state index contributed by atoms with van der Waals surface area (Å²) in [5, 5.41) is 3.56. The minimum absolute atomic E-state index is 0.806. The van der Waals surface area contributed by atoms with Gasteiger partial charge in [-0.2, -0.15) is 0 Å². The second kappa shape index (κ2) is 2.39. The quantitative estimate of drug-likeness (QED) is 0.500. The normalized spacial score (nSPS) is 45.5. The largest absolute Gasteiger partial charge is 0.313 e. The molecule has 10 heavy (non-hydrogen) atoms. The smallest absolute Gasteiger partial charge is 0.0136 e. The van der Waals surface area contributed by atoms with Gasteiger partial charge in [0.2, 0.25) is 0 Å². The highest BCUT2D eigenvalue weighted by Crippen LogP contribution is 2.30. The predicted octanol–water partition coefficient (Wildman–Crippen LogP) is 1.56. The van der Waals surface area contributed by atoms with E-state index >= 15 is 0 Å². The summed E-state index contributed by atoms with van der Waals surface area (Å²) in [6.45, 7) is 3.59. The second-order valence-corrected chi connectivity index (χ2v) is 3.60. The summed E-state index contributed by atoms with van der Waals surface area (Å²) in [5.74, 6) is 1.83. The van der Waals surface area contributed by atoms with Crippen molar-refractivity contribution in [2.24, 2.45) is 11.8 Å². The molecule has 0 saturated carbocycles.